The van der Waals surface area contributed by atoms with Crippen molar-refractivity contribution < 1.29 is 52.3 Å². The van der Waals surface area contributed by atoms with Gasteiger partial charge in [-0.25, -0.2) is 4.98 Å². The standard InChI is InChI=1S/C27H27N3O4.C26H29N5O2.C26H29N3O3.C23H20Cl2N2O2/c1-18(2)33-23-10-8-19(16-24(23)32-3)26(31)29-14-12-27(13-15-29)25-11-9-20(17-28)30(25)21-6-4-5-7-22(21)34-27;1-29-24-20-7-3-4-8-22(20)33-26(21(24)18-28-29)10-15-31(16-11-26)25(32)19-9-12-27-23(17-19)30-13-5-2-6-14-30;1-17(2)31-19-9-10-20(18(3)15-19)25(30)29-13-11-26(12-14-29)22-16-27-28(4)24(22)21-7-5-6-8-23(21)32-26;1-15-13-16(24)4-6-18(15)22(28)26-11-8-23(9-12-26)21-3-2-10-27(21)19-7-5-17(25)14-20(19)29-23/h4-11,16,18H,12-15H2,1-3H3;3-4,7-9,12,17-18H,2,5-6,10-11,13-16H2,1H3;5-10,15-17H,11-14H2,1-4H3;2-7,10,13-14H,8-9,11-12H2,1H3. The largest absolute Gasteiger partial charge is 0.493 e. The van der Waals surface area contributed by atoms with Gasteiger partial charge < -0.3 is 62.2 Å². The summed E-state index contributed by atoms with van der Waals surface area (Å²) in [6.07, 6.45) is 17.1. The van der Waals surface area contributed by atoms with Crippen molar-refractivity contribution in [1.29, 1.82) is 5.26 Å². The molecule has 21 rings (SSSR count). The number of methoxy groups -OCH3 is 1. The van der Waals surface area contributed by atoms with E-state index < -0.39 is 22.4 Å². The number of pyridine rings is 1. The highest BCUT2D eigenvalue weighted by atomic mass is 35.5. The van der Waals surface area contributed by atoms with E-state index in [1.807, 2.05) is 241 Å². The van der Waals surface area contributed by atoms with Crippen LogP contribution in [0.4, 0.5) is 5.82 Å². The number of nitrogens with zero attached hydrogens (tertiary/aromatic N) is 13. The molecule has 7 aromatic carbocycles. The lowest BCUT2D eigenvalue weighted by Gasteiger charge is -2.45. The smallest absolute Gasteiger partial charge is 0.254 e. The summed E-state index contributed by atoms with van der Waals surface area (Å²) in [4.78, 5) is 67.5. The normalized spacial score (nSPS) is 17.0. The second-order valence-electron chi connectivity index (χ2n) is 35.1. The Bertz CT molecular complexity index is 6260. The third-order valence-electron chi connectivity index (χ3n) is 26.4. The van der Waals surface area contributed by atoms with Crippen LogP contribution in [0.2, 0.25) is 10.0 Å². The van der Waals surface area contributed by atoms with E-state index in [0.29, 0.717) is 104 Å². The minimum Gasteiger partial charge on any atom is -0.493 e. The molecule has 4 spiro atoms. The maximum atomic E-state index is 13.4. The Morgan fingerprint density at radius 3 is 1.52 bits per heavy atom. The summed E-state index contributed by atoms with van der Waals surface area (Å²) in [5.74, 6) is 6.35. The number of likely N-dealkylation sites (tertiary alicyclic amines) is 4. The molecule has 0 saturated carbocycles. The highest BCUT2D eigenvalue weighted by Crippen LogP contribution is 2.53. The molecule has 5 aromatic heterocycles. The highest BCUT2D eigenvalue weighted by Gasteiger charge is 2.51. The van der Waals surface area contributed by atoms with Crippen LogP contribution in [0.25, 0.3) is 33.9 Å². The van der Waals surface area contributed by atoms with E-state index in [0.717, 1.165) is 165 Å². The average Bonchev–Trinajstić information content (AvgIpc) is 1.50. The monoisotopic (exact) mass is 1760 g/mol. The van der Waals surface area contributed by atoms with Gasteiger partial charge in [0.2, 0.25) is 0 Å². The van der Waals surface area contributed by atoms with E-state index in [1.54, 1.807) is 37.6 Å². The van der Waals surface area contributed by atoms with Crippen molar-refractivity contribution in [3.8, 4) is 80.2 Å². The van der Waals surface area contributed by atoms with Gasteiger partial charge in [-0.15, -0.1) is 0 Å². The molecule has 24 nitrogen and oxygen atoms in total. The van der Waals surface area contributed by atoms with Gasteiger partial charge in [-0.3, -0.25) is 33.1 Å². The first kappa shape index (κ1) is 85.8. The van der Waals surface area contributed by atoms with Gasteiger partial charge in [-0.1, -0.05) is 59.6 Å². The molecule has 0 N–H and O–H groups in total. The van der Waals surface area contributed by atoms with Crippen LogP contribution >= 0.6 is 23.2 Å². The molecule has 14 heterocycles. The number of benzene rings is 7. The molecule has 0 aliphatic carbocycles. The number of ether oxygens (including phenoxy) is 7. The number of hydrogen-bond acceptors (Lipinski definition) is 16. The molecule has 9 aliphatic rings. The van der Waals surface area contributed by atoms with Gasteiger partial charge in [0.25, 0.3) is 23.6 Å². The second-order valence-corrected chi connectivity index (χ2v) is 36.0. The summed E-state index contributed by atoms with van der Waals surface area (Å²) < 4.78 is 51.4. The van der Waals surface area contributed by atoms with Crippen LogP contribution < -0.4 is 38.1 Å². The lowest BCUT2D eigenvalue weighted by molar-refractivity contribution is -0.00981. The Morgan fingerprint density at radius 2 is 0.961 bits per heavy atom. The van der Waals surface area contributed by atoms with Gasteiger partial charge in [-0.2, -0.15) is 15.5 Å². The summed E-state index contributed by atoms with van der Waals surface area (Å²) in [5.41, 5.74) is 13.8. The fourth-order valence-electron chi connectivity index (χ4n) is 19.9. The number of hydrogen-bond donors (Lipinski definition) is 0. The highest BCUT2D eigenvalue weighted by molar-refractivity contribution is 6.31. The van der Waals surface area contributed by atoms with Crippen molar-refractivity contribution in [2.75, 3.05) is 77.5 Å². The zero-order valence-electron chi connectivity index (χ0n) is 73.7. The van der Waals surface area contributed by atoms with E-state index in [-0.39, 0.29) is 35.8 Å². The van der Waals surface area contributed by atoms with Gasteiger partial charge in [-0.05, 0) is 211 Å². The molecule has 12 aromatic rings. The van der Waals surface area contributed by atoms with Crippen molar-refractivity contribution in [2.45, 2.75) is 147 Å². The van der Waals surface area contributed by atoms with Gasteiger partial charge >= 0.3 is 0 Å². The van der Waals surface area contributed by atoms with Crippen LogP contribution in [0.3, 0.4) is 0 Å². The van der Waals surface area contributed by atoms with Crippen LogP contribution in [-0.4, -0.2) is 162 Å². The first-order chi connectivity index (χ1) is 61.9. The third kappa shape index (κ3) is 16.3. The van der Waals surface area contributed by atoms with Crippen molar-refractivity contribution in [3.63, 3.8) is 0 Å². The van der Waals surface area contributed by atoms with Gasteiger partial charge in [0.15, 0.2) is 22.7 Å². The number of aryl methyl sites for hydroxylation is 4. The Labute approximate surface area is 755 Å². The molecule has 5 saturated heterocycles. The quantitative estimate of drug-likeness (QED) is 0.124. The van der Waals surface area contributed by atoms with Crippen LogP contribution in [0.5, 0.6) is 40.2 Å². The SMILES string of the molecule is COc1cc(C(=O)N2CCC3(CC2)Oc2ccccc2-n2c(C#N)ccc23)ccc1OC(C)C.Cc1cc(Cl)ccc1C(=O)N1CCC2(CC1)Oc1cc(Cl)ccc1-n1cccc12.Cc1cc(OC(C)C)ccc1C(=O)N1CCC2(CC1)Oc1ccccc1-c1c2cnn1C.Cn1ncc2c1-c1ccccc1OC21CCN(C(=O)c2ccnc(N3CCCCC3)c2)CC1. The van der Waals surface area contributed by atoms with E-state index in [9.17, 15) is 24.4 Å². The molecule has 4 amide bonds. The lowest BCUT2D eigenvalue weighted by atomic mass is 9.81. The van der Waals surface area contributed by atoms with E-state index in [2.05, 4.69) is 55.1 Å². The fraction of sp³-hybridized carbons (Fsp3) is 0.353. The number of aromatic nitrogens is 7. The van der Waals surface area contributed by atoms with E-state index >= 15 is 0 Å². The molecule has 128 heavy (non-hydrogen) atoms. The number of rotatable bonds is 10. The lowest BCUT2D eigenvalue weighted by Crippen LogP contribution is -2.50. The number of halogens is 2. The average molecular weight is 1760 g/mol. The van der Waals surface area contributed by atoms with Crippen molar-refractivity contribution in [2.24, 2.45) is 14.1 Å². The molecule has 0 unspecified atom stereocenters. The number of anilines is 1. The number of piperidine rings is 5. The second kappa shape index (κ2) is 35.3. The molecular formula is C102H105Cl2N13O11. The Hall–Kier alpha value is -13.0. The van der Waals surface area contributed by atoms with Gasteiger partial charge in [0.05, 0.1) is 65.9 Å². The zero-order valence-corrected chi connectivity index (χ0v) is 75.2. The molecule has 0 bridgehead atoms. The Kier molecular flexibility index (Phi) is 23.7. The fourth-order valence-corrected chi connectivity index (χ4v) is 20.3. The molecule has 0 radical (unpaired) electrons. The van der Waals surface area contributed by atoms with Crippen LogP contribution in [0.15, 0.2) is 207 Å². The van der Waals surface area contributed by atoms with Gasteiger partial charge in [0.1, 0.15) is 57.5 Å². The van der Waals surface area contributed by atoms with Crippen LogP contribution in [0.1, 0.15) is 179 Å². The van der Waals surface area contributed by atoms with Crippen LogP contribution in [0, 0.1) is 25.2 Å². The molecule has 0 atom stereocenters. The van der Waals surface area contributed by atoms with Crippen molar-refractivity contribution >= 4 is 52.6 Å². The molecule has 26 heteroatoms. The van der Waals surface area contributed by atoms with Crippen molar-refractivity contribution in [3.05, 3.63) is 278 Å². The van der Waals surface area contributed by atoms with E-state index in [1.165, 1.54) is 19.3 Å². The van der Waals surface area contributed by atoms with Crippen LogP contribution in [-0.2, 0) is 36.5 Å². The summed E-state index contributed by atoms with van der Waals surface area (Å²) in [7, 11) is 5.53. The Balaban J connectivity index is 0.000000115. The van der Waals surface area contributed by atoms with E-state index in [4.69, 9.17) is 56.4 Å². The predicted molar refractivity (Wildman–Crippen MR) is 491 cm³/mol. The number of nitriles is 1. The molecule has 5 fully saturated rings. The summed E-state index contributed by atoms with van der Waals surface area (Å²) in [5, 5.41) is 20.0. The summed E-state index contributed by atoms with van der Waals surface area (Å²) in [6, 6.07) is 60.3. The summed E-state index contributed by atoms with van der Waals surface area (Å²) in [6.45, 7) is 18.7. The molecule has 9 aliphatic heterocycles. The maximum Gasteiger partial charge on any atom is 0.254 e. The molecule has 658 valence electrons. The van der Waals surface area contributed by atoms with Gasteiger partial charge in [0, 0.05) is 204 Å². The van der Waals surface area contributed by atoms with Crippen molar-refractivity contribution in [1.82, 2.24) is 53.3 Å². The minimum absolute atomic E-state index is 0.00913. The zero-order chi connectivity index (χ0) is 88.9. The maximum absolute atomic E-state index is 13.4. The first-order valence-electron chi connectivity index (χ1n) is 44.4. The predicted octanol–water partition coefficient (Wildman–Crippen LogP) is 19.0. The first-order valence-corrected chi connectivity index (χ1v) is 45.2. The third-order valence-corrected chi connectivity index (χ3v) is 26.9. The topological polar surface area (TPSA) is 231 Å². The number of amides is 4. The Morgan fingerprint density at radius 1 is 0.461 bits per heavy atom. The number of carbonyl (C=O) groups excluding carboxylic acids is 4. The minimum atomic E-state index is -0.577. The number of fused-ring (bicyclic) bond motifs is 16. The number of carbonyl (C=O) groups is 4. The number of para-hydroxylation sites is 4. The molecular weight excluding hydrogens is 1650 g/mol. The summed E-state index contributed by atoms with van der Waals surface area (Å²) >= 11 is 12.3.